The summed E-state index contributed by atoms with van der Waals surface area (Å²) >= 11 is 6.70. The Balaban J connectivity index is 1.48. The molecule has 0 N–H and O–H groups in total. The summed E-state index contributed by atoms with van der Waals surface area (Å²) in [4.78, 5) is 23.6. The molecule has 2 aromatic carbocycles. The number of nitrogens with zero attached hydrogens (tertiary/aromatic N) is 3. The van der Waals surface area contributed by atoms with E-state index in [1.807, 2.05) is 24.3 Å². The largest absolute Gasteiger partial charge is 0.454 e. The van der Waals surface area contributed by atoms with Gasteiger partial charge in [0.1, 0.15) is 0 Å². The summed E-state index contributed by atoms with van der Waals surface area (Å²) in [5.41, 5.74) is 3.11. The smallest absolute Gasteiger partial charge is 0.270 e. The number of hydrogen-bond acceptors (Lipinski definition) is 7. The van der Waals surface area contributed by atoms with Gasteiger partial charge in [-0.2, -0.15) is 0 Å². The molecule has 6 nitrogen and oxygen atoms in total. The zero-order chi connectivity index (χ0) is 18.4. The lowest BCUT2D eigenvalue weighted by molar-refractivity contribution is -0.113. The fourth-order valence-corrected chi connectivity index (χ4v) is 4.24. The Hall–Kier alpha value is -2.97. The van der Waals surface area contributed by atoms with E-state index in [1.165, 1.54) is 16.7 Å². The van der Waals surface area contributed by atoms with Gasteiger partial charge in [0.25, 0.3) is 5.91 Å². The fraction of sp³-hybridized carbons (Fsp3) is 0.0526. The van der Waals surface area contributed by atoms with E-state index in [2.05, 4.69) is 9.97 Å². The minimum absolute atomic E-state index is 0.164. The lowest BCUT2D eigenvalue weighted by Crippen LogP contribution is -2.27. The molecule has 2 aliphatic heterocycles. The molecule has 2 aliphatic rings. The Morgan fingerprint density at radius 1 is 1.04 bits per heavy atom. The van der Waals surface area contributed by atoms with Crippen molar-refractivity contribution in [2.75, 3.05) is 11.7 Å². The second-order valence-corrected chi connectivity index (χ2v) is 7.53. The maximum atomic E-state index is 12.9. The van der Waals surface area contributed by atoms with Crippen molar-refractivity contribution < 1.29 is 14.3 Å². The lowest BCUT2D eigenvalue weighted by atomic mass is 10.1. The van der Waals surface area contributed by atoms with E-state index in [0.717, 1.165) is 16.6 Å². The van der Waals surface area contributed by atoms with Crippen LogP contribution in [0.2, 0.25) is 0 Å². The van der Waals surface area contributed by atoms with Crippen LogP contribution in [0.3, 0.4) is 0 Å². The van der Waals surface area contributed by atoms with E-state index >= 15 is 0 Å². The number of fused-ring (bicyclic) bond motifs is 2. The molecule has 0 unspecified atom stereocenters. The summed E-state index contributed by atoms with van der Waals surface area (Å²) in [6, 6.07) is 11.0. The van der Waals surface area contributed by atoms with Crippen molar-refractivity contribution >= 4 is 57.0 Å². The molecule has 0 radical (unpaired) electrons. The van der Waals surface area contributed by atoms with E-state index in [0.29, 0.717) is 26.4 Å². The predicted molar refractivity (Wildman–Crippen MR) is 108 cm³/mol. The van der Waals surface area contributed by atoms with Crippen LogP contribution in [0.25, 0.3) is 17.1 Å². The molecule has 0 spiro atoms. The second kappa shape index (κ2) is 6.33. The van der Waals surface area contributed by atoms with Gasteiger partial charge in [-0.15, -0.1) is 0 Å². The van der Waals surface area contributed by atoms with Crippen LogP contribution in [0.1, 0.15) is 5.56 Å². The molecule has 0 aliphatic carbocycles. The highest BCUT2D eigenvalue weighted by molar-refractivity contribution is 8.27. The number of hydrogen-bond donors (Lipinski definition) is 0. The maximum absolute atomic E-state index is 12.9. The number of carbonyl (C=O) groups excluding carboxylic acids is 1. The van der Waals surface area contributed by atoms with Crippen LogP contribution in [0.15, 0.2) is 53.7 Å². The Morgan fingerprint density at radius 2 is 1.85 bits per heavy atom. The molecule has 27 heavy (non-hydrogen) atoms. The quantitative estimate of drug-likeness (QED) is 0.485. The molecule has 5 rings (SSSR count). The van der Waals surface area contributed by atoms with Crippen molar-refractivity contribution in [1.82, 2.24) is 9.97 Å². The first-order valence-electron chi connectivity index (χ1n) is 8.07. The fourth-order valence-electron chi connectivity index (χ4n) is 2.94. The summed E-state index contributed by atoms with van der Waals surface area (Å²) in [6.45, 7) is 0.182. The van der Waals surface area contributed by atoms with Gasteiger partial charge in [0.15, 0.2) is 15.8 Å². The van der Waals surface area contributed by atoms with Crippen LogP contribution in [-0.4, -0.2) is 27.0 Å². The van der Waals surface area contributed by atoms with Gasteiger partial charge in [0.05, 0.1) is 21.6 Å². The third-order valence-electron chi connectivity index (χ3n) is 4.20. The minimum atomic E-state index is -0.164. The minimum Gasteiger partial charge on any atom is -0.454 e. The highest BCUT2D eigenvalue weighted by Crippen LogP contribution is 2.40. The van der Waals surface area contributed by atoms with Crippen molar-refractivity contribution in [2.24, 2.45) is 0 Å². The SMILES string of the molecule is O=C1C(=Cc2ccc3nccnc3c2)SC(=S)N1c1ccc2c(c1)OCO2. The lowest BCUT2D eigenvalue weighted by Gasteiger charge is -2.14. The topological polar surface area (TPSA) is 64.6 Å². The number of ether oxygens (including phenoxy) is 2. The summed E-state index contributed by atoms with van der Waals surface area (Å²) in [5, 5.41) is 0. The molecule has 1 aromatic heterocycles. The van der Waals surface area contributed by atoms with Crippen molar-refractivity contribution in [3.05, 3.63) is 59.3 Å². The number of amides is 1. The number of thioether (sulfide) groups is 1. The standard InChI is InChI=1S/C19H11N3O3S2/c23-18-17(8-11-1-3-13-14(7-11)21-6-5-20-13)27-19(26)22(18)12-2-4-15-16(9-12)25-10-24-15/h1-9H,10H2. The number of anilines is 1. The van der Waals surface area contributed by atoms with Gasteiger partial charge in [-0.1, -0.05) is 30.0 Å². The van der Waals surface area contributed by atoms with Crippen LogP contribution in [0, 0.1) is 0 Å². The third kappa shape index (κ3) is 2.83. The second-order valence-electron chi connectivity index (χ2n) is 5.86. The van der Waals surface area contributed by atoms with Crippen molar-refractivity contribution in [3.8, 4) is 11.5 Å². The average molecular weight is 393 g/mol. The Kier molecular flexibility index (Phi) is 3.80. The summed E-state index contributed by atoms with van der Waals surface area (Å²) in [5.74, 6) is 1.11. The van der Waals surface area contributed by atoms with E-state index in [4.69, 9.17) is 21.7 Å². The normalized spacial score (nSPS) is 17.3. The van der Waals surface area contributed by atoms with Gasteiger partial charge in [-0.3, -0.25) is 19.7 Å². The first-order valence-corrected chi connectivity index (χ1v) is 9.30. The van der Waals surface area contributed by atoms with Crippen LogP contribution >= 0.6 is 24.0 Å². The van der Waals surface area contributed by atoms with E-state index in [-0.39, 0.29) is 12.7 Å². The number of benzene rings is 2. The zero-order valence-corrected chi connectivity index (χ0v) is 15.4. The Labute approximate surface area is 163 Å². The van der Waals surface area contributed by atoms with Crippen LogP contribution < -0.4 is 14.4 Å². The summed E-state index contributed by atoms with van der Waals surface area (Å²) < 4.78 is 11.2. The van der Waals surface area contributed by atoms with Crippen LogP contribution in [-0.2, 0) is 4.79 Å². The highest BCUT2D eigenvalue weighted by atomic mass is 32.2. The molecule has 1 amide bonds. The van der Waals surface area contributed by atoms with Gasteiger partial charge >= 0.3 is 0 Å². The number of rotatable bonds is 2. The molecule has 8 heteroatoms. The molecule has 3 aromatic rings. The molecule has 3 heterocycles. The molecule has 1 fully saturated rings. The number of thiocarbonyl (C=S) groups is 1. The molecular formula is C19H11N3O3S2. The number of carbonyl (C=O) groups is 1. The van der Waals surface area contributed by atoms with Gasteiger partial charge in [0, 0.05) is 18.5 Å². The van der Waals surface area contributed by atoms with Crippen molar-refractivity contribution in [2.45, 2.75) is 0 Å². The molecule has 0 saturated carbocycles. The Morgan fingerprint density at radius 3 is 2.74 bits per heavy atom. The van der Waals surface area contributed by atoms with Gasteiger partial charge in [0.2, 0.25) is 6.79 Å². The van der Waals surface area contributed by atoms with Crippen LogP contribution in [0.4, 0.5) is 5.69 Å². The average Bonchev–Trinajstić information content (AvgIpc) is 3.25. The van der Waals surface area contributed by atoms with Gasteiger partial charge in [-0.25, -0.2) is 0 Å². The van der Waals surface area contributed by atoms with E-state index in [1.54, 1.807) is 30.6 Å². The third-order valence-corrected chi connectivity index (χ3v) is 5.50. The number of aromatic nitrogens is 2. The molecule has 132 valence electrons. The van der Waals surface area contributed by atoms with Gasteiger partial charge in [-0.05, 0) is 35.9 Å². The molecular weight excluding hydrogens is 382 g/mol. The van der Waals surface area contributed by atoms with Gasteiger partial charge < -0.3 is 9.47 Å². The summed E-state index contributed by atoms with van der Waals surface area (Å²) in [7, 11) is 0. The van der Waals surface area contributed by atoms with E-state index in [9.17, 15) is 4.79 Å². The maximum Gasteiger partial charge on any atom is 0.270 e. The highest BCUT2D eigenvalue weighted by Gasteiger charge is 2.34. The summed E-state index contributed by atoms with van der Waals surface area (Å²) in [6.07, 6.45) is 5.12. The molecule has 0 bridgehead atoms. The predicted octanol–water partition coefficient (Wildman–Crippen LogP) is 3.76. The zero-order valence-electron chi connectivity index (χ0n) is 13.8. The first kappa shape index (κ1) is 16.2. The van der Waals surface area contributed by atoms with Crippen molar-refractivity contribution in [3.63, 3.8) is 0 Å². The molecule has 1 saturated heterocycles. The first-order chi connectivity index (χ1) is 13.2. The van der Waals surface area contributed by atoms with E-state index < -0.39 is 0 Å². The van der Waals surface area contributed by atoms with Crippen molar-refractivity contribution in [1.29, 1.82) is 0 Å². The monoisotopic (exact) mass is 393 g/mol. The Bertz CT molecular complexity index is 1150. The molecule has 0 atom stereocenters. The van der Waals surface area contributed by atoms with Crippen LogP contribution in [0.5, 0.6) is 11.5 Å².